The van der Waals surface area contributed by atoms with Crippen molar-refractivity contribution < 1.29 is 33.8 Å². The van der Waals surface area contributed by atoms with Crippen LogP contribution in [0, 0.1) is 0 Å². The molecule has 23 heavy (non-hydrogen) atoms. The van der Waals surface area contributed by atoms with Gasteiger partial charge in [-0.2, -0.15) is 0 Å². The third-order valence-corrected chi connectivity index (χ3v) is 2.90. The molecule has 0 radical (unpaired) electrons. The standard InChI is InChI=1S/C12H18N2O3.C2H2O4/c15-12(14-8-11-4-2-6-17-11)9-13-7-10-3-1-5-16-10;3-1(4)2(5)6/h2,4,6,10,13H,1,3,5,7-9H2,(H,14,15);(H,3,4)(H,5,6). The lowest BCUT2D eigenvalue weighted by atomic mass is 10.2. The number of carboxylic acids is 2. The summed E-state index contributed by atoms with van der Waals surface area (Å²) in [5, 5.41) is 20.6. The lowest BCUT2D eigenvalue weighted by Gasteiger charge is -2.10. The molecular formula is C14H20N2O7. The fourth-order valence-electron chi connectivity index (χ4n) is 1.81. The first-order valence-corrected chi connectivity index (χ1v) is 7.06. The molecule has 0 bridgehead atoms. The van der Waals surface area contributed by atoms with Gasteiger partial charge in [0.1, 0.15) is 5.76 Å². The van der Waals surface area contributed by atoms with Crippen LogP contribution in [0.2, 0.25) is 0 Å². The first-order valence-electron chi connectivity index (χ1n) is 7.06. The van der Waals surface area contributed by atoms with Crippen LogP contribution in [-0.4, -0.2) is 53.9 Å². The van der Waals surface area contributed by atoms with E-state index < -0.39 is 11.9 Å². The predicted molar refractivity (Wildman–Crippen MR) is 77.7 cm³/mol. The summed E-state index contributed by atoms with van der Waals surface area (Å²) < 4.78 is 10.6. The van der Waals surface area contributed by atoms with E-state index >= 15 is 0 Å². The van der Waals surface area contributed by atoms with Crippen molar-refractivity contribution in [2.24, 2.45) is 0 Å². The molecule has 2 heterocycles. The molecule has 1 aliphatic rings. The predicted octanol–water partition coefficient (Wildman–Crippen LogP) is -0.180. The van der Waals surface area contributed by atoms with Gasteiger partial charge in [0.2, 0.25) is 5.91 Å². The molecule has 1 atom stereocenters. The SMILES string of the molecule is O=C(CNCC1CCCO1)NCc1ccco1.O=C(O)C(=O)O. The number of rotatable bonds is 6. The van der Waals surface area contributed by atoms with E-state index in [-0.39, 0.29) is 12.0 Å². The quantitative estimate of drug-likeness (QED) is 0.528. The van der Waals surface area contributed by atoms with Crippen molar-refractivity contribution in [2.45, 2.75) is 25.5 Å². The van der Waals surface area contributed by atoms with E-state index in [0.29, 0.717) is 13.1 Å². The Morgan fingerprint density at radius 2 is 2.00 bits per heavy atom. The Morgan fingerprint density at radius 1 is 1.26 bits per heavy atom. The number of nitrogens with one attached hydrogen (secondary N) is 2. The van der Waals surface area contributed by atoms with E-state index in [4.69, 9.17) is 29.0 Å². The zero-order valence-electron chi connectivity index (χ0n) is 12.5. The van der Waals surface area contributed by atoms with Gasteiger partial charge in [-0.3, -0.25) is 4.79 Å². The Balaban J connectivity index is 0.000000379. The molecule has 1 saturated heterocycles. The number of hydrogen-bond acceptors (Lipinski definition) is 6. The van der Waals surface area contributed by atoms with Crippen molar-refractivity contribution in [3.8, 4) is 0 Å². The van der Waals surface area contributed by atoms with Crippen molar-refractivity contribution >= 4 is 17.8 Å². The monoisotopic (exact) mass is 328 g/mol. The van der Waals surface area contributed by atoms with Gasteiger partial charge in [0.25, 0.3) is 0 Å². The molecular weight excluding hydrogens is 308 g/mol. The molecule has 1 fully saturated rings. The number of hydrogen-bond donors (Lipinski definition) is 4. The van der Waals surface area contributed by atoms with Crippen molar-refractivity contribution in [1.29, 1.82) is 0 Å². The van der Waals surface area contributed by atoms with Gasteiger partial charge in [0, 0.05) is 13.2 Å². The Hall–Kier alpha value is -2.39. The summed E-state index contributed by atoms with van der Waals surface area (Å²) in [5.41, 5.74) is 0. The Kier molecular flexibility index (Phi) is 8.40. The lowest BCUT2D eigenvalue weighted by molar-refractivity contribution is -0.159. The van der Waals surface area contributed by atoms with Crippen molar-refractivity contribution in [1.82, 2.24) is 10.6 Å². The van der Waals surface area contributed by atoms with Crippen molar-refractivity contribution in [3.63, 3.8) is 0 Å². The van der Waals surface area contributed by atoms with E-state index in [2.05, 4.69) is 10.6 Å². The maximum atomic E-state index is 11.5. The minimum absolute atomic E-state index is 0.0283. The van der Waals surface area contributed by atoms with E-state index in [1.54, 1.807) is 12.3 Å². The van der Waals surface area contributed by atoms with Crippen LogP contribution in [0.1, 0.15) is 18.6 Å². The highest BCUT2D eigenvalue weighted by Gasteiger charge is 2.14. The number of ether oxygens (including phenoxy) is 1. The van der Waals surface area contributed by atoms with Crippen LogP contribution in [-0.2, 0) is 25.7 Å². The zero-order chi connectivity index (χ0) is 17.1. The van der Waals surface area contributed by atoms with E-state index in [0.717, 1.165) is 31.8 Å². The largest absolute Gasteiger partial charge is 0.473 e. The van der Waals surface area contributed by atoms with E-state index in [9.17, 15) is 4.79 Å². The fraction of sp³-hybridized carbons (Fsp3) is 0.500. The molecule has 0 saturated carbocycles. The number of carbonyl (C=O) groups excluding carboxylic acids is 1. The third kappa shape index (κ3) is 8.59. The summed E-state index contributed by atoms with van der Waals surface area (Å²) in [6.45, 7) is 2.35. The second-order valence-corrected chi connectivity index (χ2v) is 4.73. The molecule has 1 aromatic rings. The number of carboxylic acid groups (broad SMARTS) is 2. The normalized spacial score (nSPS) is 16.3. The summed E-state index contributed by atoms with van der Waals surface area (Å²) in [5.74, 6) is -2.91. The summed E-state index contributed by atoms with van der Waals surface area (Å²) in [7, 11) is 0. The van der Waals surface area contributed by atoms with Gasteiger partial charge in [0.05, 0.1) is 25.5 Å². The molecule has 9 heteroatoms. The zero-order valence-corrected chi connectivity index (χ0v) is 12.5. The van der Waals surface area contributed by atoms with Gasteiger partial charge in [0.15, 0.2) is 0 Å². The topological polar surface area (TPSA) is 138 Å². The van der Waals surface area contributed by atoms with Crippen molar-refractivity contribution in [2.75, 3.05) is 19.7 Å². The fourth-order valence-corrected chi connectivity index (χ4v) is 1.81. The summed E-state index contributed by atoms with van der Waals surface area (Å²) >= 11 is 0. The van der Waals surface area contributed by atoms with E-state index in [1.165, 1.54) is 0 Å². The minimum atomic E-state index is -1.82. The molecule has 4 N–H and O–H groups in total. The smallest absolute Gasteiger partial charge is 0.414 e. The van der Waals surface area contributed by atoms with Crippen molar-refractivity contribution in [3.05, 3.63) is 24.2 Å². The number of carbonyl (C=O) groups is 3. The molecule has 9 nitrogen and oxygen atoms in total. The average molecular weight is 328 g/mol. The molecule has 0 spiro atoms. The van der Waals surface area contributed by atoms with Gasteiger partial charge < -0.3 is 30.0 Å². The average Bonchev–Trinajstić information content (AvgIpc) is 3.19. The van der Waals surface area contributed by atoms with Crippen LogP contribution in [0.5, 0.6) is 0 Å². The van der Waals surface area contributed by atoms with Gasteiger partial charge >= 0.3 is 11.9 Å². The highest BCUT2D eigenvalue weighted by molar-refractivity contribution is 6.27. The van der Waals surface area contributed by atoms with Gasteiger partial charge in [-0.05, 0) is 25.0 Å². The van der Waals surface area contributed by atoms with Crippen LogP contribution >= 0.6 is 0 Å². The van der Waals surface area contributed by atoms with Gasteiger partial charge in [-0.15, -0.1) is 0 Å². The Bertz CT molecular complexity index is 483. The molecule has 0 aromatic carbocycles. The Morgan fingerprint density at radius 3 is 2.52 bits per heavy atom. The highest BCUT2D eigenvalue weighted by Crippen LogP contribution is 2.10. The second kappa shape index (κ2) is 10.4. The maximum absolute atomic E-state index is 11.5. The molecule has 1 unspecified atom stereocenters. The summed E-state index contributed by atoms with van der Waals surface area (Å²) in [6, 6.07) is 3.64. The number of amides is 1. The van der Waals surface area contributed by atoms with Crippen LogP contribution in [0.25, 0.3) is 0 Å². The molecule has 2 rings (SSSR count). The first-order chi connectivity index (χ1) is 11.0. The van der Waals surface area contributed by atoms with Crippen LogP contribution in [0.4, 0.5) is 0 Å². The minimum Gasteiger partial charge on any atom is -0.473 e. The Labute approximate surface area is 132 Å². The number of furan rings is 1. The molecule has 1 amide bonds. The molecule has 0 aliphatic carbocycles. The highest BCUT2D eigenvalue weighted by atomic mass is 16.5. The van der Waals surface area contributed by atoms with Gasteiger partial charge in [-0.1, -0.05) is 0 Å². The second-order valence-electron chi connectivity index (χ2n) is 4.73. The lowest BCUT2D eigenvalue weighted by Crippen LogP contribution is -2.36. The summed E-state index contributed by atoms with van der Waals surface area (Å²) in [4.78, 5) is 29.7. The van der Waals surface area contributed by atoms with Crippen LogP contribution in [0.3, 0.4) is 0 Å². The summed E-state index contributed by atoms with van der Waals surface area (Å²) in [6.07, 6.45) is 4.07. The molecule has 1 aromatic heterocycles. The first kappa shape index (κ1) is 18.7. The van der Waals surface area contributed by atoms with Gasteiger partial charge in [-0.25, -0.2) is 9.59 Å². The number of aliphatic carboxylic acids is 2. The maximum Gasteiger partial charge on any atom is 0.414 e. The van der Waals surface area contributed by atoms with Crippen LogP contribution in [0.15, 0.2) is 22.8 Å². The van der Waals surface area contributed by atoms with Crippen LogP contribution < -0.4 is 10.6 Å². The molecule has 1 aliphatic heterocycles. The molecule has 128 valence electrons. The third-order valence-electron chi connectivity index (χ3n) is 2.90. The van der Waals surface area contributed by atoms with E-state index in [1.807, 2.05) is 6.07 Å².